The molecule has 19 heavy (non-hydrogen) atoms. The van der Waals surface area contributed by atoms with Crippen LogP contribution < -0.4 is 5.73 Å². The molecular formula is C14H25F3N2. The Bertz CT molecular complexity index is 293. The molecular weight excluding hydrogens is 253 g/mol. The monoisotopic (exact) mass is 278 g/mol. The van der Waals surface area contributed by atoms with Crippen molar-refractivity contribution >= 4 is 0 Å². The zero-order valence-corrected chi connectivity index (χ0v) is 11.6. The average molecular weight is 278 g/mol. The average Bonchev–Trinajstić information content (AvgIpc) is 2.38. The number of alkyl halides is 3. The maximum Gasteiger partial charge on any atom is 0.391 e. The first-order valence-electron chi connectivity index (χ1n) is 7.42. The molecule has 0 aromatic carbocycles. The number of nitrogens with zero attached hydrogens (tertiary/aromatic N) is 1. The highest BCUT2D eigenvalue weighted by atomic mass is 19.4. The second-order valence-corrected chi connectivity index (χ2v) is 6.32. The van der Waals surface area contributed by atoms with Gasteiger partial charge < -0.3 is 10.6 Å². The van der Waals surface area contributed by atoms with Gasteiger partial charge in [-0.05, 0) is 50.6 Å². The van der Waals surface area contributed by atoms with Crippen molar-refractivity contribution < 1.29 is 13.2 Å². The van der Waals surface area contributed by atoms with Crippen LogP contribution in [0.3, 0.4) is 0 Å². The lowest BCUT2D eigenvalue weighted by Gasteiger charge is -2.44. The fourth-order valence-corrected chi connectivity index (χ4v) is 3.61. The summed E-state index contributed by atoms with van der Waals surface area (Å²) >= 11 is 0. The molecule has 1 aliphatic heterocycles. The molecule has 0 radical (unpaired) electrons. The Morgan fingerprint density at radius 3 is 2.58 bits per heavy atom. The third-order valence-corrected chi connectivity index (χ3v) is 5.07. The molecule has 2 N–H and O–H groups in total. The Kier molecular flexibility index (Phi) is 4.77. The summed E-state index contributed by atoms with van der Waals surface area (Å²) in [6.45, 7) is 4.67. The SMILES string of the molecule is CC1CCN(C2CCCC(C(F)(F)F)C2)CC1CN. The molecule has 2 fully saturated rings. The predicted molar refractivity (Wildman–Crippen MR) is 69.7 cm³/mol. The highest BCUT2D eigenvalue weighted by molar-refractivity contribution is 4.88. The highest BCUT2D eigenvalue weighted by Crippen LogP contribution is 2.40. The van der Waals surface area contributed by atoms with E-state index in [1.54, 1.807) is 0 Å². The maximum atomic E-state index is 12.8. The van der Waals surface area contributed by atoms with Crippen LogP contribution in [0.25, 0.3) is 0 Å². The molecule has 1 saturated carbocycles. The van der Waals surface area contributed by atoms with Crippen LogP contribution in [0.2, 0.25) is 0 Å². The van der Waals surface area contributed by atoms with Crippen LogP contribution in [0.1, 0.15) is 39.0 Å². The number of rotatable bonds is 2. The van der Waals surface area contributed by atoms with Gasteiger partial charge in [0, 0.05) is 12.6 Å². The normalized spacial score (nSPS) is 38.4. The van der Waals surface area contributed by atoms with E-state index < -0.39 is 12.1 Å². The van der Waals surface area contributed by atoms with E-state index in [2.05, 4.69) is 11.8 Å². The Labute approximate surface area is 113 Å². The number of hydrogen-bond donors (Lipinski definition) is 1. The van der Waals surface area contributed by atoms with Crippen molar-refractivity contribution in [1.82, 2.24) is 4.90 Å². The molecule has 2 rings (SSSR count). The number of likely N-dealkylation sites (tertiary alicyclic amines) is 1. The van der Waals surface area contributed by atoms with Gasteiger partial charge in [0.1, 0.15) is 0 Å². The largest absolute Gasteiger partial charge is 0.391 e. The molecule has 4 unspecified atom stereocenters. The summed E-state index contributed by atoms with van der Waals surface area (Å²) in [4.78, 5) is 2.27. The van der Waals surface area contributed by atoms with E-state index in [0.717, 1.165) is 25.9 Å². The molecule has 5 heteroatoms. The quantitative estimate of drug-likeness (QED) is 0.841. The lowest BCUT2D eigenvalue weighted by Crippen LogP contribution is -2.49. The smallest absolute Gasteiger partial charge is 0.330 e. The van der Waals surface area contributed by atoms with E-state index >= 15 is 0 Å². The zero-order chi connectivity index (χ0) is 14.0. The summed E-state index contributed by atoms with van der Waals surface area (Å²) in [6.07, 6.45) is -0.740. The van der Waals surface area contributed by atoms with E-state index in [4.69, 9.17) is 5.73 Å². The van der Waals surface area contributed by atoms with E-state index in [0.29, 0.717) is 31.2 Å². The third-order valence-electron chi connectivity index (χ3n) is 5.07. The Morgan fingerprint density at radius 1 is 1.21 bits per heavy atom. The maximum absolute atomic E-state index is 12.8. The standard InChI is InChI=1S/C14H25F3N2/c1-10-5-6-19(9-11(10)8-18)13-4-2-3-12(7-13)14(15,16)17/h10-13H,2-9,18H2,1H3. The number of piperidine rings is 1. The van der Waals surface area contributed by atoms with Gasteiger partial charge in [0.25, 0.3) is 0 Å². The summed E-state index contributed by atoms with van der Waals surface area (Å²) in [5.74, 6) is -0.0507. The van der Waals surface area contributed by atoms with Gasteiger partial charge in [-0.2, -0.15) is 13.2 Å². The molecule has 4 atom stereocenters. The first-order chi connectivity index (χ1) is 8.91. The van der Waals surface area contributed by atoms with Crippen LogP contribution >= 0.6 is 0 Å². The molecule has 1 heterocycles. The second-order valence-electron chi connectivity index (χ2n) is 6.32. The van der Waals surface area contributed by atoms with Crippen LogP contribution in [-0.2, 0) is 0 Å². The summed E-state index contributed by atoms with van der Waals surface area (Å²) in [5.41, 5.74) is 5.78. The summed E-state index contributed by atoms with van der Waals surface area (Å²) < 4.78 is 38.5. The second kappa shape index (κ2) is 6.00. The number of halogens is 3. The first kappa shape index (κ1) is 15.1. The highest BCUT2D eigenvalue weighted by Gasteiger charge is 2.43. The van der Waals surface area contributed by atoms with E-state index in [-0.39, 0.29) is 12.5 Å². The lowest BCUT2D eigenvalue weighted by molar-refractivity contribution is -0.187. The van der Waals surface area contributed by atoms with Crippen LogP contribution in [-0.4, -0.2) is 36.8 Å². The molecule has 0 aromatic heterocycles. The van der Waals surface area contributed by atoms with Crippen molar-refractivity contribution in [2.24, 2.45) is 23.5 Å². The van der Waals surface area contributed by atoms with Crippen LogP contribution in [0.4, 0.5) is 13.2 Å². The van der Waals surface area contributed by atoms with Crippen LogP contribution in [0.15, 0.2) is 0 Å². The fourth-order valence-electron chi connectivity index (χ4n) is 3.61. The van der Waals surface area contributed by atoms with Gasteiger partial charge in [-0.3, -0.25) is 0 Å². The Balaban J connectivity index is 1.94. The van der Waals surface area contributed by atoms with Gasteiger partial charge in [-0.25, -0.2) is 0 Å². The van der Waals surface area contributed by atoms with Crippen LogP contribution in [0.5, 0.6) is 0 Å². The van der Waals surface area contributed by atoms with E-state index in [1.165, 1.54) is 0 Å². The van der Waals surface area contributed by atoms with Gasteiger partial charge in [-0.1, -0.05) is 13.3 Å². The van der Waals surface area contributed by atoms with Gasteiger partial charge in [-0.15, -0.1) is 0 Å². The summed E-state index contributed by atoms with van der Waals surface area (Å²) in [6, 6.07) is 0.113. The fraction of sp³-hybridized carbons (Fsp3) is 1.00. The van der Waals surface area contributed by atoms with Gasteiger partial charge in [0.2, 0.25) is 0 Å². The molecule has 2 nitrogen and oxygen atoms in total. The minimum atomic E-state index is -4.02. The summed E-state index contributed by atoms with van der Waals surface area (Å²) in [7, 11) is 0. The Hall–Kier alpha value is -0.290. The van der Waals surface area contributed by atoms with Crippen molar-refractivity contribution in [3.8, 4) is 0 Å². The minimum absolute atomic E-state index is 0.113. The Morgan fingerprint density at radius 2 is 1.95 bits per heavy atom. The van der Waals surface area contributed by atoms with Crippen molar-refractivity contribution in [3.63, 3.8) is 0 Å². The number of hydrogen-bond acceptors (Lipinski definition) is 2. The molecule has 0 aromatic rings. The topological polar surface area (TPSA) is 29.3 Å². The van der Waals surface area contributed by atoms with Crippen molar-refractivity contribution in [1.29, 1.82) is 0 Å². The molecule has 112 valence electrons. The van der Waals surface area contributed by atoms with E-state index in [9.17, 15) is 13.2 Å². The van der Waals surface area contributed by atoms with Gasteiger partial charge >= 0.3 is 6.18 Å². The van der Waals surface area contributed by atoms with Crippen LogP contribution in [0, 0.1) is 17.8 Å². The molecule has 0 bridgehead atoms. The molecule has 0 spiro atoms. The minimum Gasteiger partial charge on any atom is -0.330 e. The van der Waals surface area contributed by atoms with Crippen molar-refractivity contribution in [2.45, 2.75) is 51.2 Å². The predicted octanol–water partition coefficient (Wildman–Crippen LogP) is 3.02. The van der Waals surface area contributed by atoms with Crippen molar-refractivity contribution in [3.05, 3.63) is 0 Å². The molecule has 1 saturated heterocycles. The van der Waals surface area contributed by atoms with E-state index in [1.807, 2.05) is 0 Å². The van der Waals surface area contributed by atoms with Gasteiger partial charge in [0.05, 0.1) is 5.92 Å². The molecule has 0 amide bonds. The van der Waals surface area contributed by atoms with Crippen molar-refractivity contribution in [2.75, 3.05) is 19.6 Å². The zero-order valence-electron chi connectivity index (χ0n) is 11.6. The molecule has 2 aliphatic rings. The number of nitrogens with two attached hydrogens (primary N) is 1. The molecule has 1 aliphatic carbocycles. The first-order valence-corrected chi connectivity index (χ1v) is 7.42. The summed E-state index contributed by atoms with van der Waals surface area (Å²) in [5, 5.41) is 0. The lowest BCUT2D eigenvalue weighted by atomic mass is 9.81. The van der Waals surface area contributed by atoms with Gasteiger partial charge in [0.15, 0.2) is 0 Å². The third kappa shape index (κ3) is 3.63.